The zero-order chi connectivity index (χ0) is 11.9. The zero-order valence-electron chi connectivity index (χ0n) is 9.14. The van der Waals surface area contributed by atoms with Crippen molar-refractivity contribution in [1.29, 1.82) is 0 Å². The van der Waals surface area contributed by atoms with Gasteiger partial charge in [-0.25, -0.2) is 9.78 Å². The van der Waals surface area contributed by atoms with E-state index in [4.69, 9.17) is 10.8 Å². The standard InChI is InChI=1S/C11H13N3O2/c1-6(2)14-8-5-3-4-7(10(15)16)9(8)13-11(14)12/h3-6H,1-2H3,(H2,12,13)(H,15,16). The highest BCUT2D eigenvalue weighted by Gasteiger charge is 2.16. The van der Waals surface area contributed by atoms with Crippen LogP contribution in [0, 0.1) is 0 Å². The Morgan fingerprint density at radius 3 is 2.75 bits per heavy atom. The molecule has 0 bridgehead atoms. The Bertz CT molecular complexity index is 558. The van der Waals surface area contributed by atoms with Gasteiger partial charge in [0.15, 0.2) is 0 Å². The first kappa shape index (κ1) is 10.5. The predicted molar refractivity (Wildman–Crippen MR) is 61.5 cm³/mol. The lowest BCUT2D eigenvalue weighted by Crippen LogP contribution is -2.05. The van der Waals surface area contributed by atoms with Crippen LogP contribution in [0.5, 0.6) is 0 Å². The molecule has 0 atom stereocenters. The average Bonchev–Trinajstić information content (AvgIpc) is 2.52. The average molecular weight is 219 g/mol. The van der Waals surface area contributed by atoms with E-state index in [1.54, 1.807) is 6.07 Å². The van der Waals surface area contributed by atoms with Crippen LogP contribution in [0.25, 0.3) is 11.0 Å². The number of nitrogens with zero attached hydrogens (tertiary/aromatic N) is 2. The number of para-hydroxylation sites is 1. The molecule has 2 aromatic rings. The smallest absolute Gasteiger partial charge is 0.337 e. The summed E-state index contributed by atoms with van der Waals surface area (Å²) in [6.45, 7) is 3.95. The van der Waals surface area contributed by atoms with Gasteiger partial charge in [-0.15, -0.1) is 0 Å². The molecule has 0 aliphatic heterocycles. The van der Waals surface area contributed by atoms with Crippen molar-refractivity contribution in [3.8, 4) is 0 Å². The quantitative estimate of drug-likeness (QED) is 0.808. The molecule has 0 saturated carbocycles. The first-order valence-electron chi connectivity index (χ1n) is 5.02. The van der Waals surface area contributed by atoms with Gasteiger partial charge in [-0.2, -0.15) is 0 Å². The van der Waals surface area contributed by atoms with Crippen LogP contribution in [0.1, 0.15) is 30.2 Å². The van der Waals surface area contributed by atoms with E-state index in [1.807, 2.05) is 24.5 Å². The number of carbonyl (C=O) groups is 1. The topological polar surface area (TPSA) is 81.1 Å². The summed E-state index contributed by atoms with van der Waals surface area (Å²) in [5, 5.41) is 9.03. The van der Waals surface area contributed by atoms with Crippen LogP contribution in [0.4, 0.5) is 5.95 Å². The maximum Gasteiger partial charge on any atom is 0.337 e. The summed E-state index contributed by atoms with van der Waals surface area (Å²) in [6, 6.07) is 5.20. The number of nitrogens with two attached hydrogens (primary N) is 1. The number of rotatable bonds is 2. The largest absolute Gasteiger partial charge is 0.478 e. The van der Waals surface area contributed by atoms with Crippen molar-refractivity contribution < 1.29 is 9.90 Å². The highest BCUT2D eigenvalue weighted by Crippen LogP contribution is 2.24. The van der Waals surface area contributed by atoms with Crippen molar-refractivity contribution in [2.45, 2.75) is 19.9 Å². The van der Waals surface area contributed by atoms with E-state index in [-0.39, 0.29) is 11.6 Å². The van der Waals surface area contributed by atoms with Gasteiger partial charge in [-0.3, -0.25) is 0 Å². The van der Waals surface area contributed by atoms with Crippen molar-refractivity contribution >= 4 is 23.0 Å². The molecular weight excluding hydrogens is 206 g/mol. The van der Waals surface area contributed by atoms with Crippen LogP contribution >= 0.6 is 0 Å². The summed E-state index contributed by atoms with van der Waals surface area (Å²) in [6.07, 6.45) is 0. The Balaban J connectivity index is 2.83. The minimum Gasteiger partial charge on any atom is -0.478 e. The predicted octanol–water partition coefficient (Wildman–Crippen LogP) is 1.90. The number of aromatic nitrogens is 2. The van der Waals surface area contributed by atoms with Crippen molar-refractivity contribution in [2.24, 2.45) is 0 Å². The van der Waals surface area contributed by atoms with Gasteiger partial charge >= 0.3 is 5.97 Å². The summed E-state index contributed by atoms with van der Waals surface area (Å²) >= 11 is 0. The molecule has 1 aromatic heterocycles. The SMILES string of the molecule is CC(C)n1c(N)nc2c(C(=O)O)cccc21. The van der Waals surface area contributed by atoms with Crippen molar-refractivity contribution in [2.75, 3.05) is 5.73 Å². The van der Waals surface area contributed by atoms with Gasteiger partial charge < -0.3 is 15.4 Å². The monoisotopic (exact) mass is 219 g/mol. The molecule has 1 aromatic carbocycles. The van der Waals surface area contributed by atoms with E-state index in [0.717, 1.165) is 5.52 Å². The van der Waals surface area contributed by atoms with E-state index >= 15 is 0 Å². The number of imidazole rings is 1. The van der Waals surface area contributed by atoms with Gasteiger partial charge in [0.1, 0.15) is 5.52 Å². The first-order valence-corrected chi connectivity index (χ1v) is 5.02. The highest BCUT2D eigenvalue weighted by atomic mass is 16.4. The molecule has 1 heterocycles. The fraction of sp³-hybridized carbons (Fsp3) is 0.273. The maximum absolute atomic E-state index is 11.0. The second-order valence-corrected chi connectivity index (χ2v) is 3.91. The summed E-state index contributed by atoms with van der Waals surface area (Å²) in [7, 11) is 0. The molecular formula is C11H13N3O2. The van der Waals surface area contributed by atoms with Crippen molar-refractivity contribution in [3.05, 3.63) is 23.8 Å². The molecule has 84 valence electrons. The van der Waals surface area contributed by atoms with Crippen molar-refractivity contribution in [1.82, 2.24) is 9.55 Å². The lowest BCUT2D eigenvalue weighted by Gasteiger charge is -2.09. The summed E-state index contributed by atoms with van der Waals surface area (Å²) < 4.78 is 1.82. The minimum atomic E-state index is -0.987. The Hall–Kier alpha value is -2.04. The molecule has 2 rings (SSSR count). The van der Waals surface area contributed by atoms with Crippen LogP contribution < -0.4 is 5.73 Å². The third-order valence-corrected chi connectivity index (χ3v) is 2.49. The number of fused-ring (bicyclic) bond motifs is 1. The number of benzene rings is 1. The number of nitrogen functional groups attached to an aromatic ring is 1. The molecule has 3 N–H and O–H groups in total. The minimum absolute atomic E-state index is 0.147. The number of anilines is 1. The fourth-order valence-corrected chi connectivity index (χ4v) is 1.85. The number of hydrogen-bond acceptors (Lipinski definition) is 3. The summed E-state index contributed by atoms with van der Waals surface area (Å²) in [5.74, 6) is -0.641. The molecule has 0 fully saturated rings. The number of hydrogen-bond donors (Lipinski definition) is 2. The first-order chi connectivity index (χ1) is 7.52. The van der Waals surface area contributed by atoms with Gasteiger partial charge in [0, 0.05) is 6.04 Å². The normalized spacial score (nSPS) is 11.2. The molecule has 0 radical (unpaired) electrons. The Kier molecular flexibility index (Phi) is 2.30. The van der Waals surface area contributed by atoms with Gasteiger partial charge in [0.2, 0.25) is 5.95 Å². The van der Waals surface area contributed by atoms with Gasteiger partial charge in [0.05, 0.1) is 11.1 Å². The molecule has 0 unspecified atom stereocenters. The van der Waals surface area contributed by atoms with Crippen LogP contribution in [-0.4, -0.2) is 20.6 Å². The van der Waals surface area contributed by atoms with Crippen LogP contribution in [0.15, 0.2) is 18.2 Å². The molecule has 0 saturated heterocycles. The van der Waals surface area contributed by atoms with E-state index in [0.29, 0.717) is 11.5 Å². The molecule has 0 aliphatic carbocycles. The fourth-order valence-electron chi connectivity index (χ4n) is 1.85. The third kappa shape index (κ3) is 1.41. The molecule has 16 heavy (non-hydrogen) atoms. The number of aromatic carboxylic acids is 1. The Morgan fingerprint density at radius 1 is 1.50 bits per heavy atom. The van der Waals surface area contributed by atoms with Crippen LogP contribution in [0.3, 0.4) is 0 Å². The second kappa shape index (κ2) is 3.52. The lowest BCUT2D eigenvalue weighted by atomic mass is 10.2. The lowest BCUT2D eigenvalue weighted by molar-refractivity contribution is 0.0699. The molecule has 5 heteroatoms. The van der Waals surface area contributed by atoms with E-state index in [1.165, 1.54) is 6.07 Å². The Labute approximate surface area is 92.5 Å². The van der Waals surface area contributed by atoms with Crippen LogP contribution in [0.2, 0.25) is 0 Å². The number of carboxylic acid groups (broad SMARTS) is 1. The zero-order valence-corrected chi connectivity index (χ0v) is 9.14. The van der Waals surface area contributed by atoms with Crippen LogP contribution in [-0.2, 0) is 0 Å². The van der Waals surface area contributed by atoms with E-state index < -0.39 is 5.97 Å². The van der Waals surface area contributed by atoms with E-state index in [2.05, 4.69) is 4.98 Å². The summed E-state index contributed by atoms with van der Waals surface area (Å²) in [4.78, 5) is 15.1. The third-order valence-electron chi connectivity index (χ3n) is 2.49. The molecule has 0 aliphatic rings. The van der Waals surface area contributed by atoms with Gasteiger partial charge in [-0.05, 0) is 26.0 Å². The van der Waals surface area contributed by atoms with Crippen molar-refractivity contribution in [3.63, 3.8) is 0 Å². The second-order valence-electron chi connectivity index (χ2n) is 3.91. The Morgan fingerprint density at radius 2 is 2.19 bits per heavy atom. The highest BCUT2D eigenvalue weighted by molar-refractivity contribution is 6.01. The maximum atomic E-state index is 11.0. The molecule has 0 amide bonds. The molecule has 0 spiro atoms. The summed E-state index contributed by atoms with van der Waals surface area (Å²) in [5.41, 5.74) is 7.17. The van der Waals surface area contributed by atoms with Gasteiger partial charge in [0.25, 0.3) is 0 Å². The van der Waals surface area contributed by atoms with Gasteiger partial charge in [-0.1, -0.05) is 6.07 Å². The molecule has 5 nitrogen and oxygen atoms in total. The van der Waals surface area contributed by atoms with E-state index in [9.17, 15) is 4.79 Å². The number of carboxylic acids is 1.